The predicted molar refractivity (Wildman–Crippen MR) is 225 cm³/mol. The first-order chi connectivity index (χ1) is 28.1. The Morgan fingerprint density at radius 3 is 2.10 bits per heavy atom. The molecule has 14 nitrogen and oxygen atoms in total. The molecule has 0 saturated carbocycles. The molecule has 2 aliphatic heterocycles. The summed E-state index contributed by atoms with van der Waals surface area (Å²) in [5.41, 5.74) is 1.04. The van der Waals surface area contributed by atoms with E-state index in [2.05, 4.69) is 19.7 Å². The summed E-state index contributed by atoms with van der Waals surface area (Å²) >= 11 is 0. The van der Waals surface area contributed by atoms with Crippen LogP contribution in [0.3, 0.4) is 0 Å². The summed E-state index contributed by atoms with van der Waals surface area (Å²) in [6.07, 6.45) is 1.90. The van der Waals surface area contributed by atoms with Crippen LogP contribution in [0.15, 0.2) is 101 Å². The first kappa shape index (κ1) is 42.9. The van der Waals surface area contributed by atoms with Gasteiger partial charge in [-0.1, -0.05) is 54.6 Å². The van der Waals surface area contributed by atoms with Crippen LogP contribution in [0, 0.1) is 6.57 Å². The first-order valence-electron chi connectivity index (χ1n) is 19.3. The second-order valence-electron chi connectivity index (χ2n) is 14.6. The Bertz CT molecular complexity index is 2000. The van der Waals surface area contributed by atoms with E-state index in [1.807, 2.05) is 124 Å². The standard InChI is InChI=1S/C43H54N7O7P/c1-44-25-28-55-58(42(47(2)3)48(4)5)57-36-29-40(50-27-24-38(46-41(50)51)45-39-15-12-26-49(39)6)56-37(36)30-54-43(31-13-10-9-11-14-31,32-16-20-34(52-7)21-17-32)33-18-22-35(53-8)23-19-33/h9-11,13-14,16-24,27,36-37,40,42H,12,15,25-26,28-30H2,2-8H3/t36?,37-,40-,58?/m1/s1. The molecule has 6 rings (SSSR count). The molecule has 2 fully saturated rings. The van der Waals surface area contributed by atoms with Crippen molar-refractivity contribution in [1.82, 2.24) is 24.3 Å². The smallest absolute Gasteiger partial charge is 0.351 e. The van der Waals surface area contributed by atoms with E-state index in [1.54, 1.807) is 26.5 Å². The normalized spacial score (nSPS) is 19.6. The molecular weight excluding hydrogens is 757 g/mol. The Morgan fingerprint density at radius 1 is 0.948 bits per heavy atom. The average molecular weight is 812 g/mol. The van der Waals surface area contributed by atoms with Gasteiger partial charge >= 0.3 is 5.69 Å². The topological polar surface area (TPSA) is 117 Å². The van der Waals surface area contributed by atoms with Crippen molar-refractivity contribution in [3.05, 3.63) is 130 Å². The van der Waals surface area contributed by atoms with E-state index in [1.165, 1.54) is 4.57 Å². The van der Waals surface area contributed by atoms with Crippen molar-refractivity contribution in [1.29, 1.82) is 0 Å². The van der Waals surface area contributed by atoms with Crippen LogP contribution in [0.5, 0.6) is 11.5 Å². The monoisotopic (exact) mass is 811 g/mol. The lowest BCUT2D eigenvalue weighted by molar-refractivity contribution is -0.0922. The lowest BCUT2D eigenvalue weighted by atomic mass is 9.80. The molecule has 1 aromatic heterocycles. The highest BCUT2D eigenvalue weighted by atomic mass is 31.2. The highest BCUT2D eigenvalue weighted by Gasteiger charge is 2.45. The third-order valence-electron chi connectivity index (χ3n) is 10.3. The van der Waals surface area contributed by atoms with Crippen molar-refractivity contribution in [3.63, 3.8) is 0 Å². The van der Waals surface area contributed by atoms with Crippen LogP contribution in [-0.4, -0.2) is 124 Å². The number of aliphatic imine (C=N–C) groups is 1. The zero-order valence-corrected chi connectivity index (χ0v) is 35.2. The Labute approximate surface area is 342 Å². The molecule has 2 aliphatic rings. The Hall–Kier alpha value is -4.71. The summed E-state index contributed by atoms with van der Waals surface area (Å²) in [6.45, 7) is 8.76. The number of ether oxygens (including phenoxy) is 4. The second-order valence-corrected chi connectivity index (χ2v) is 16.1. The van der Waals surface area contributed by atoms with Crippen LogP contribution in [0.25, 0.3) is 4.85 Å². The maximum atomic E-state index is 13.7. The largest absolute Gasteiger partial charge is 0.497 e. The van der Waals surface area contributed by atoms with E-state index in [0.29, 0.717) is 23.7 Å². The van der Waals surface area contributed by atoms with E-state index < -0.39 is 38.1 Å². The third kappa shape index (κ3) is 9.76. The molecule has 308 valence electrons. The van der Waals surface area contributed by atoms with Gasteiger partial charge in [0.05, 0.1) is 26.9 Å². The summed E-state index contributed by atoms with van der Waals surface area (Å²) in [5.74, 6) is 2.45. The van der Waals surface area contributed by atoms with Crippen LogP contribution in [-0.2, 0) is 24.1 Å². The fraction of sp³-hybridized carbons (Fsp3) is 0.442. The summed E-state index contributed by atoms with van der Waals surface area (Å²) < 4.78 is 40.0. The van der Waals surface area contributed by atoms with Crippen molar-refractivity contribution in [2.75, 3.05) is 75.8 Å². The number of methoxy groups -OCH3 is 2. The van der Waals surface area contributed by atoms with Crippen molar-refractivity contribution < 1.29 is 28.0 Å². The number of rotatable bonds is 18. The summed E-state index contributed by atoms with van der Waals surface area (Å²) in [7, 11) is 11.5. The molecule has 0 N–H and O–H groups in total. The third-order valence-corrected chi connectivity index (χ3v) is 12.5. The SMILES string of the molecule is [C-]#[N+]CCOP(OC1C[C@H](n2ccc(N=C3CCCN3C)nc2=O)O[C@@H]1COC(c1ccccc1)(c1ccc(OC)cc1)c1ccc(OC)cc1)C(N(C)C)N(C)C. The number of benzene rings is 3. The van der Waals surface area contributed by atoms with Gasteiger partial charge in [-0.25, -0.2) is 16.4 Å². The number of hydrogen-bond acceptors (Lipinski definition) is 11. The van der Waals surface area contributed by atoms with Gasteiger partial charge in [-0.15, -0.1) is 0 Å². The Morgan fingerprint density at radius 2 is 1.57 bits per heavy atom. The first-order valence-corrected chi connectivity index (χ1v) is 20.6. The van der Waals surface area contributed by atoms with E-state index in [9.17, 15) is 4.79 Å². The molecule has 2 unspecified atom stereocenters. The molecule has 2 saturated heterocycles. The Kier molecular flexibility index (Phi) is 14.7. The maximum absolute atomic E-state index is 13.7. The fourth-order valence-corrected chi connectivity index (χ4v) is 9.27. The summed E-state index contributed by atoms with van der Waals surface area (Å²) in [6, 6.07) is 27.5. The molecule has 4 atom stereocenters. The number of likely N-dealkylation sites (tertiary alicyclic amines) is 1. The molecule has 0 bridgehead atoms. The minimum atomic E-state index is -1.63. The van der Waals surface area contributed by atoms with Crippen LogP contribution >= 0.6 is 8.38 Å². The van der Waals surface area contributed by atoms with Gasteiger partial charge in [0.15, 0.2) is 5.82 Å². The molecule has 4 aromatic rings. The van der Waals surface area contributed by atoms with Crippen molar-refractivity contribution in [2.45, 2.75) is 49.2 Å². The van der Waals surface area contributed by atoms with Gasteiger partial charge in [0.1, 0.15) is 47.8 Å². The van der Waals surface area contributed by atoms with E-state index in [0.717, 1.165) is 41.9 Å². The van der Waals surface area contributed by atoms with Gasteiger partial charge in [0, 0.05) is 32.6 Å². The van der Waals surface area contributed by atoms with E-state index in [4.69, 9.17) is 34.6 Å². The van der Waals surface area contributed by atoms with Crippen LogP contribution in [0.1, 0.15) is 42.2 Å². The van der Waals surface area contributed by atoms with Gasteiger partial charge in [0.2, 0.25) is 14.9 Å². The van der Waals surface area contributed by atoms with Crippen molar-refractivity contribution in [2.24, 2.45) is 4.99 Å². The molecular formula is C43H54N7O7P. The van der Waals surface area contributed by atoms with Gasteiger partial charge in [-0.2, -0.15) is 4.98 Å². The Balaban J connectivity index is 1.40. The van der Waals surface area contributed by atoms with Crippen molar-refractivity contribution >= 4 is 20.0 Å². The summed E-state index contributed by atoms with van der Waals surface area (Å²) in [4.78, 5) is 32.4. The van der Waals surface area contributed by atoms with Gasteiger partial charge < -0.3 is 37.7 Å². The molecule has 15 heteroatoms. The van der Waals surface area contributed by atoms with E-state index in [-0.39, 0.29) is 25.7 Å². The van der Waals surface area contributed by atoms with Gasteiger partial charge in [-0.3, -0.25) is 14.4 Å². The zero-order valence-electron chi connectivity index (χ0n) is 34.4. The summed E-state index contributed by atoms with van der Waals surface area (Å²) in [5, 5.41) is 0. The minimum absolute atomic E-state index is 0.0637. The predicted octanol–water partition coefficient (Wildman–Crippen LogP) is 6.35. The van der Waals surface area contributed by atoms with Crippen LogP contribution in [0.2, 0.25) is 0 Å². The molecule has 3 heterocycles. The second kappa shape index (κ2) is 19.8. The molecule has 58 heavy (non-hydrogen) atoms. The zero-order chi connectivity index (χ0) is 41.2. The molecule has 0 amide bonds. The molecule has 0 spiro atoms. The number of aromatic nitrogens is 2. The quantitative estimate of drug-likeness (QED) is 0.0368. The lowest BCUT2D eigenvalue weighted by Crippen LogP contribution is -2.42. The number of hydrogen-bond donors (Lipinski definition) is 0. The van der Waals surface area contributed by atoms with Gasteiger partial charge in [0.25, 0.3) is 0 Å². The highest BCUT2D eigenvalue weighted by molar-refractivity contribution is 7.47. The highest BCUT2D eigenvalue weighted by Crippen LogP contribution is 2.50. The maximum Gasteiger partial charge on any atom is 0.351 e. The molecule has 0 aliphatic carbocycles. The fourth-order valence-electron chi connectivity index (χ4n) is 7.47. The van der Waals surface area contributed by atoms with Crippen LogP contribution < -0.4 is 15.2 Å². The van der Waals surface area contributed by atoms with Crippen molar-refractivity contribution in [3.8, 4) is 11.5 Å². The molecule has 0 radical (unpaired) electrons. The van der Waals surface area contributed by atoms with Gasteiger partial charge in [-0.05, 0) is 81.6 Å². The lowest BCUT2D eigenvalue weighted by Gasteiger charge is -2.38. The number of nitrogens with zero attached hydrogens (tertiary/aromatic N) is 7. The minimum Gasteiger partial charge on any atom is -0.497 e. The average Bonchev–Trinajstić information content (AvgIpc) is 3.83. The number of amidine groups is 1. The van der Waals surface area contributed by atoms with Crippen LogP contribution in [0.4, 0.5) is 5.82 Å². The molecule has 3 aromatic carbocycles. The van der Waals surface area contributed by atoms with E-state index >= 15 is 0 Å².